The van der Waals surface area contributed by atoms with E-state index in [1.165, 1.54) is 19.4 Å². The highest BCUT2D eigenvalue weighted by Gasteiger charge is 2.35. The van der Waals surface area contributed by atoms with E-state index in [0.29, 0.717) is 17.7 Å². The van der Waals surface area contributed by atoms with Gasteiger partial charge in [0.1, 0.15) is 42.3 Å². The molecule has 9 atom stereocenters. The van der Waals surface area contributed by atoms with E-state index in [1.54, 1.807) is 65.0 Å². The minimum Gasteiger partial charge on any atom is -0.481 e. The lowest BCUT2D eigenvalue weighted by Gasteiger charge is -2.28. The first-order valence-electron chi connectivity index (χ1n) is 23.0. The van der Waals surface area contributed by atoms with Crippen molar-refractivity contribution < 1.29 is 63.3 Å². The van der Waals surface area contributed by atoms with Crippen molar-refractivity contribution in [2.24, 2.45) is 23.5 Å². The molecule has 0 unspecified atom stereocenters. The highest BCUT2D eigenvalue weighted by molar-refractivity contribution is 5.98. The van der Waals surface area contributed by atoms with Crippen LogP contribution in [0.25, 0.3) is 0 Å². The van der Waals surface area contributed by atoms with Crippen molar-refractivity contribution in [3.63, 3.8) is 0 Å². The number of hydrogen-bond acceptors (Lipinski definition) is 12. The van der Waals surface area contributed by atoms with Crippen LogP contribution in [0.15, 0.2) is 42.9 Å². The summed E-state index contributed by atoms with van der Waals surface area (Å²) in [4.78, 5) is 138. The first-order valence-corrected chi connectivity index (χ1v) is 23.0. The van der Waals surface area contributed by atoms with Crippen LogP contribution in [0.4, 0.5) is 0 Å². The Morgan fingerprint density at radius 3 is 1.46 bits per heavy atom. The Morgan fingerprint density at radius 2 is 1.00 bits per heavy atom. The second-order valence-corrected chi connectivity index (χ2v) is 17.9. The number of carboxylic acid groups (broad SMARTS) is 3. The molecule has 0 saturated heterocycles. The molecule has 7 amide bonds. The SMILES string of the molecule is CC[C@H](C)[C@H](N)C(=O)N[C@@H](C)C(=O)N[C@@H](Cc1cnc[nH]1)C(=O)N[C@@H](Cc1ccccc1)C(=O)N[C@@H](CC(C)C)C(=O)N[C@@H](CCC(=O)O)C(=O)N[C@@H](CC(C)C)C(=O)N[C@@H](CCC(=O)O)C(=O)O. The van der Waals surface area contributed by atoms with Gasteiger partial charge in [-0.05, 0) is 55.9 Å². The Morgan fingerprint density at radius 1 is 0.565 bits per heavy atom. The normalized spacial score (nSPS) is 15.1. The number of aromatic amines is 1. The number of rotatable bonds is 31. The summed E-state index contributed by atoms with van der Waals surface area (Å²) in [6.07, 6.45) is 1.07. The van der Waals surface area contributed by atoms with Crippen LogP contribution in [0.5, 0.6) is 0 Å². The Labute approximate surface area is 401 Å². The summed E-state index contributed by atoms with van der Waals surface area (Å²) in [7, 11) is 0. The molecule has 23 nitrogen and oxygen atoms in total. The number of hydrogen-bond donors (Lipinski definition) is 12. The Bertz CT molecular complexity index is 2050. The summed E-state index contributed by atoms with van der Waals surface area (Å²) in [5, 5.41) is 46.0. The fourth-order valence-corrected chi connectivity index (χ4v) is 6.90. The molecule has 69 heavy (non-hydrogen) atoms. The summed E-state index contributed by atoms with van der Waals surface area (Å²) < 4.78 is 0. The van der Waals surface area contributed by atoms with E-state index in [2.05, 4.69) is 47.2 Å². The molecule has 13 N–H and O–H groups in total. The van der Waals surface area contributed by atoms with Gasteiger partial charge in [0.15, 0.2) is 0 Å². The molecule has 0 saturated carbocycles. The van der Waals surface area contributed by atoms with Crippen molar-refractivity contribution in [1.29, 1.82) is 0 Å². The molecule has 1 aromatic heterocycles. The maximum absolute atomic E-state index is 14.3. The van der Waals surface area contributed by atoms with Gasteiger partial charge in [-0.15, -0.1) is 0 Å². The van der Waals surface area contributed by atoms with Crippen LogP contribution in [0, 0.1) is 17.8 Å². The largest absolute Gasteiger partial charge is 0.481 e. The van der Waals surface area contributed by atoms with Crippen molar-refractivity contribution >= 4 is 59.3 Å². The molecule has 0 spiro atoms. The first-order chi connectivity index (χ1) is 32.4. The van der Waals surface area contributed by atoms with Crippen molar-refractivity contribution in [3.05, 3.63) is 54.1 Å². The molecule has 2 rings (SSSR count). The van der Waals surface area contributed by atoms with E-state index in [9.17, 15) is 58.2 Å². The number of aromatic nitrogens is 2. The molecule has 2 aromatic rings. The predicted octanol–water partition coefficient (Wildman–Crippen LogP) is -0.112. The van der Waals surface area contributed by atoms with E-state index >= 15 is 0 Å². The number of amides is 7. The number of carboxylic acids is 3. The molecule has 0 aliphatic carbocycles. The smallest absolute Gasteiger partial charge is 0.326 e. The van der Waals surface area contributed by atoms with Gasteiger partial charge in [-0.2, -0.15) is 0 Å². The average molecular weight is 971 g/mol. The number of benzene rings is 1. The maximum atomic E-state index is 14.3. The van der Waals surface area contributed by atoms with E-state index in [0.717, 1.165) is 0 Å². The van der Waals surface area contributed by atoms with Gasteiger partial charge < -0.3 is 63.3 Å². The van der Waals surface area contributed by atoms with Gasteiger partial charge in [0.05, 0.1) is 12.4 Å². The van der Waals surface area contributed by atoms with E-state index in [4.69, 9.17) is 10.8 Å². The number of aliphatic carboxylic acids is 3. The lowest BCUT2D eigenvalue weighted by molar-refractivity contribution is -0.143. The van der Waals surface area contributed by atoms with Crippen molar-refractivity contribution in [2.75, 3.05) is 0 Å². The van der Waals surface area contributed by atoms with Crippen LogP contribution in [-0.4, -0.2) is 133 Å². The second-order valence-electron chi connectivity index (χ2n) is 17.9. The molecular formula is C46H70N10O13. The summed E-state index contributed by atoms with van der Waals surface area (Å²) in [5.74, 6) is -10.6. The van der Waals surface area contributed by atoms with Crippen LogP contribution >= 0.6 is 0 Å². The lowest BCUT2D eigenvalue weighted by Crippen LogP contribution is -2.60. The topological polar surface area (TPSA) is 370 Å². The van der Waals surface area contributed by atoms with Crippen LogP contribution in [-0.2, 0) is 60.8 Å². The molecule has 1 heterocycles. The zero-order chi connectivity index (χ0) is 52.0. The van der Waals surface area contributed by atoms with Crippen molar-refractivity contribution in [2.45, 2.75) is 155 Å². The molecule has 0 bridgehead atoms. The molecule has 23 heteroatoms. The third-order valence-corrected chi connectivity index (χ3v) is 11.1. The molecule has 382 valence electrons. The number of H-pyrrole nitrogens is 1. The quantitative estimate of drug-likeness (QED) is 0.0469. The van der Waals surface area contributed by atoms with Gasteiger partial charge in [-0.25, -0.2) is 9.78 Å². The number of imidazole rings is 1. The van der Waals surface area contributed by atoms with E-state index < -0.39 is 133 Å². The highest BCUT2D eigenvalue weighted by atomic mass is 16.4. The second kappa shape index (κ2) is 29.1. The fourth-order valence-electron chi connectivity index (χ4n) is 6.90. The molecular weight excluding hydrogens is 901 g/mol. The van der Waals surface area contributed by atoms with Crippen LogP contribution < -0.4 is 43.0 Å². The van der Waals surface area contributed by atoms with Crippen LogP contribution in [0.1, 0.15) is 105 Å². The van der Waals surface area contributed by atoms with Gasteiger partial charge in [-0.1, -0.05) is 78.3 Å². The molecule has 0 aliphatic heterocycles. The number of carbonyl (C=O) groups is 10. The van der Waals surface area contributed by atoms with Crippen LogP contribution in [0.3, 0.4) is 0 Å². The molecule has 0 aliphatic rings. The maximum Gasteiger partial charge on any atom is 0.326 e. The number of nitrogens with zero attached hydrogens (tertiary/aromatic N) is 1. The minimum atomic E-state index is -1.61. The van der Waals surface area contributed by atoms with E-state index in [-0.39, 0.29) is 43.4 Å². The summed E-state index contributed by atoms with van der Waals surface area (Å²) in [6, 6.07) is -2.08. The highest BCUT2D eigenvalue weighted by Crippen LogP contribution is 2.13. The third kappa shape index (κ3) is 21.3. The van der Waals surface area contributed by atoms with Crippen LogP contribution in [0.2, 0.25) is 0 Å². The average Bonchev–Trinajstić information content (AvgIpc) is 3.80. The number of nitrogens with two attached hydrogens (primary N) is 1. The summed E-state index contributed by atoms with van der Waals surface area (Å²) in [5.41, 5.74) is 7.11. The predicted molar refractivity (Wildman–Crippen MR) is 249 cm³/mol. The lowest BCUT2D eigenvalue weighted by atomic mass is 9.99. The van der Waals surface area contributed by atoms with E-state index in [1.807, 2.05) is 6.92 Å². The Balaban J connectivity index is 2.45. The molecule has 0 radical (unpaired) electrons. The molecule has 1 aromatic carbocycles. The van der Waals surface area contributed by atoms with Gasteiger partial charge in [0.25, 0.3) is 0 Å². The third-order valence-electron chi connectivity index (χ3n) is 11.1. The minimum absolute atomic E-state index is 0.00898. The Hall–Kier alpha value is -6.91. The zero-order valence-corrected chi connectivity index (χ0v) is 40.2. The Kier molecular flexibility index (Phi) is 24.5. The van der Waals surface area contributed by atoms with Gasteiger partial charge in [0.2, 0.25) is 41.4 Å². The van der Waals surface area contributed by atoms with Crippen molar-refractivity contribution in [3.8, 4) is 0 Å². The van der Waals surface area contributed by atoms with Gasteiger partial charge >= 0.3 is 17.9 Å². The summed E-state index contributed by atoms with van der Waals surface area (Å²) >= 11 is 0. The summed E-state index contributed by atoms with van der Waals surface area (Å²) in [6.45, 7) is 12.0. The fraction of sp³-hybridized carbons (Fsp3) is 0.587. The monoisotopic (exact) mass is 971 g/mol. The number of carbonyl (C=O) groups excluding carboxylic acids is 7. The number of nitrogens with one attached hydrogen (secondary N) is 8. The van der Waals surface area contributed by atoms with Gasteiger partial charge in [0, 0.05) is 37.6 Å². The first kappa shape index (κ1) is 58.2. The zero-order valence-electron chi connectivity index (χ0n) is 40.2. The molecule has 0 fully saturated rings. The standard InChI is InChI=1S/C46H70N10O13/c1-8-26(6)38(47)45(67)50-27(7)39(61)53-35(21-29-22-48-23-49-29)44(66)56-34(20-28-12-10-9-11-13-28)43(65)55-32(18-24(2)3)41(63)51-30(14-16-36(57)58)40(62)54-33(19-25(4)5)42(64)52-31(46(68)69)15-17-37(59)60/h9-13,22-27,30-35,38H,8,14-21,47H2,1-7H3,(H,48,49)(H,50,67)(H,51,63)(H,52,64)(H,53,61)(H,54,62)(H,55,65)(H,56,66)(H,57,58)(H,59,60)(H,68,69)/t26-,27-,30-,31-,32-,33-,34-,35-,38-/m0/s1. The van der Waals surface area contributed by atoms with Gasteiger partial charge in [-0.3, -0.25) is 43.2 Å². The van der Waals surface area contributed by atoms with Crippen molar-refractivity contribution in [1.82, 2.24) is 47.2 Å².